The molecule has 1 aromatic carbocycles. The molecule has 1 aliphatic heterocycles. The number of fused-ring (bicyclic) bond motifs is 1. The van der Waals surface area contributed by atoms with Crippen LogP contribution in [-0.4, -0.2) is 34.5 Å². The molecule has 122 valence electrons. The molecule has 6 nitrogen and oxygen atoms in total. The number of anilines is 2. The predicted octanol–water partition coefficient (Wildman–Crippen LogP) is 1.49. The van der Waals surface area contributed by atoms with Crippen molar-refractivity contribution in [3.8, 4) is 0 Å². The summed E-state index contributed by atoms with van der Waals surface area (Å²) >= 11 is 0. The standard InChI is InChI=1S/C14H20FN3O3S/c1-14(2,3)13(19)16-7-8-18-12-9-10(15)5-6-11(12)17(4)22(18,20)21/h5-6,9H,7-8H2,1-4H3,(H,16,19). The Hall–Kier alpha value is -1.83. The molecule has 0 saturated carbocycles. The number of hydrogen-bond acceptors (Lipinski definition) is 3. The first-order valence-corrected chi connectivity index (χ1v) is 8.29. The SMILES string of the molecule is CN1c2ccc(F)cc2N(CCNC(=O)C(C)(C)C)S1(=O)=O. The molecule has 1 heterocycles. The zero-order valence-electron chi connectivity index (χ0n) is 13.1. The van der Waals surface area contributed by atoms with Crippen molar-refractivity contribution in [2.24, 2.45) is 5.41 Å². The molecular formula is C14H20FN3O3S. The summed E-state index contributed by atoms with van der Waals surface area (Å²) in [4.78, 5) is 11.8. The Bertz CT molecular complexity index is 698. The molecule has 2 rings (SSSR count). The van der Waals surface area contributed by atoms with Crippen LogP contribution in [0.5, 0.6) is 0 Å². The molecule has 0 atom stereocenters. The molecule has 0 fully saturated rings. The number of benzene rings is 1. The van der Waals surface area contributed by atoms with E-state index in [9.17, 15) is 17.6 Å². The molecule has 0 bridgehead atoms. The van der Waals surface area contributed by atoms with Crippen LogP contribution in [0, 0.1) is 11.2 Å². The molecule has 0 aromatic heterocycles. The van der Waals surface area contributed by atoms with Gasteiger partial charge in [-0.15, -0.1) is 0 Å². The minimum absolute atomic E-state index is 0.0466. The van der Waals surface area contributed by atoms with Gasteiger partial charge in [0.2, 0.25) is 5.91 Å². The highest BCUT2D eigenvalue weighted by molar-refractivity contribution is 7.94. The summed E-state index contributed by atoms with van der Waals surface area (Å²) in [5.74, 6) is -0.676. The first-order chi connectivity index (χ1) is 10.0. The molecule has 8 heteroatoms. The Labute approximate surface area is 130 Å². The van der Waals surface area contributed by atoms with Crippen molar-refractivity contribution >= 4 is 27.5 Å². The van der Waals surface area contributed by atoms with Crippen molar-refractivity contribution in [3.05, 3.63) is 24.0 Å². The van der Waals surface area contributed by atoms with Gasteiger partial charge in [0.05, 0.1) is 17.9 Å². The number of halogens is 1. The highest BCUT2D eigenvalue weighted by Crippen LogP contribution is 2.39. The molecule has 0 saturated heterocycles. The zero-order chi connectivity index (χ0) is 16.7. The van der Waals surface area contributed by atoms with Crippen molar-refractivity contribution in [1.82, 2.24) is 5.32 Å². The normalized spacial score (nSPS) is 16.6. The summed E-state index contributed by atoms with van der Waals surface area (Å²) in [6, 6.07) is 3.83. The first kappa shape index (κ1) is 16.5. The summed E-state index contributed by atoms with van der Waals surface area (Å²) in [7, 11) is -2.31. The van der Waals surface area contributed by atoms with E-state index >= 15 is 0 Å². The maximum absolute atomic E-state index is 13.4. The van der Waals surface area contributed by atoms with Crippen molar-refractivity contribution < 1.29 is 17.6 Å². The number of nitrogens with one attached hydrogen (secondary N) is 1. The van der Waals surface area contributed by atoms with E-state index < -0.39 is 21.4 Å². The van der Waals surface area contributed by atoms with Crippen LogP contribution in [0.4, 0.5) is 15.8 Å². The van der Waals surface area contributed by atoms with Crippen LogP contribution in [0.15, 0.2) is 18.2 Å². The summed E-state index contributed by atoms with van der Waals surface area (Å²) in [5, 5.41) is 2.69. The van der Waals surface area contributed by atoms with E-state index in [0.717, 1.165) is 8.61 Å². The molecule has 0 aliphatic carbocycles. The predicted molar refractivity (Wildman–Crippen MR) is 83.5 cm³/mol. The monoisotopic (exact) mass is 329 g/mol. The summed E-state index contributed by atoms with van der Waals surface area (Å²) < 4.78 is 40.3. The molecule has 1 amide bonds. The quantitative estimate of drug-likeness (QED) is 0.913. The number of amides is 1. The lowest BCUT2D eigenvalue weighted by Crippen LogP contribution is -2.43. The fourth-order valence-electron chi connectivity index (χ4n) is 2.13. The van der Waals surface area contributed by atoms with Gasteiger partial charge >= 0.3 is 10.2 Å². The average Bonchev–Trinajstić information content (AvgIpc) is 2.58. The summed E-state index contributed by atoms with van der Waals surface area (Å²) in [5.41, 5.74) is 0.154. The van der Waals surface area contributed by atoms with Crippen molar-refractivity contribution in [2.75, 3.05) is 28.7 Å². The molecule has 0 unspecified atom stereocenters. The van der Waals surface area contributed by atoms with Crippen LogP contribution >= 0.6 is 0 Å². The lowest BCUT2D eigenvalue weighted by atomic mass is 9.96. The van der Waals surface area contributed by atoms with Gasteiger partial charge in [0, 0.05) is 25.1 Å². The van der Waals surface area contributed by atoms with Crippen LogP contribution in [0.1, 0.15) is 20.8 Å². The molecular weight excluding hydrogens is 309 g/mol. The van der Waals surface area contributed by atoms with Gasteiger partial charge in [-0.25, -0.2) is 8.70 Å². The number of rotatable bonds is 3. The summed E-state index contributed by atoms with van der Waals surface area (Å²) in [6.45, 7) is 5.51. The van der Waals surface area contributed by atoms with Gasteiger partial charge in [0.25, 0.3) is 0 Å². The van der Waals surface area contributed by atoms with Gasteiger partial charge in [0.1, 0.15) is 5.82 Å². The van der Waals surface area contributed by atoms with Gasteiger partial charge in [-0.1, -0.05) is 20.8 Å². The van der Waals surface area contributed by atoms with E-state index in [1.807, 2.05) is 0 Å². The van der Waals surface area contributed by atoms with E-state index in [1.165, 1.54) is 25.2 Å². The average molecular weight is 329 g/mol. The van der Waals surface area contributed by atoms with Crippen LogP contribution in [0.2, 0.25) is 0 Å². The number of nitrogens with zero attached hydrogens (tertiary/aromatic N) is 2. The summed E-state index contributed by atoms with van der Waals surface area (Å²) in [6.07, 6.45) is 0. The largest absolute Gasteiger partial charge is 0.354 e. The van der Waals surface area contributed by atoms with Gasteiger partial charge in [-0.2, -0.15) is 8.42 Å². The fourth-order valence-corrected chi connectivity index (χ4v) is 3.55. The third-order valence-corrected chi connectivity index (χ3v) is 5.28. The minimum atomic E-state index is -3.73. The minimum Gasteiger partial charge on any atom is -0.354 e. The Morgan fingerprint density at radius 1 is 1.27 bits per heavy atom. The second-order valence-electron chi connectivity index (χ2n) is 6.19. The van der Waals surface area contributed by atoms with Crippen LogP contribution in [-0.2, 0) is 15.0 Å². The van der Waals surface area contributed by atoms with Crippen molar-refractivity contribution in [2.45, 2.75) is 20.8 Å². The van der Waals surface area contributed by atoms with Crippen molar-refractivity contribution in [1.29, 1.82) is 0 Å². The topological polar surface area (TPSA) is 69.7 Å². The second-order valence-corrected chi connectivity index (χ2v) is 8.07. The molecule has 22 heavy (non-hydrogen) atoms. The van der Waals surface area contributed by atoms with E-state index in [-0.39, 0.29) is 24.7 Å². The van der Waals surface area contributed by atoms with E-state index in [4.69, 9.17) is 0 Å². The molecule has 0 radical (unpaired) electrons. The van der Waals surface area contributed by atoms with Gasteiger partial charge in [-0.05, 0) is 12.1 Å². The third kappa shape index (κ3) is 2.87. The molecule has 1 N–H and O–H groups in total. The lowest BCUT2D eigenvalue weighted by Gasteiger charge is -2.21. The van der Waals surface area contributed by atoms with Gasteiger partial charge in [-0.3, -0.25) is 9.10 Å². The zero-order valence-corrected chi connectivity index (χ0v) is 13.9. The Morgan fingerprint density at radius 3 is 2.50 bits per heavy atom. The van der Waals surface area contributed by atoms with E-state index in [2.05, 4.69) is 5.32 Å². The molecule has 1 aliphatic rings. The van der Waals surface area contributed by atoms with Crippen molar-refractivity contribution in [3.63, 3.8) is 0 Å². The highest BCUT2D eigenvalue weighted by Gasteiger charge is 2.38. The smallest absolute Gasteiger partial charge is 0.326 e. The maximum Gasteiger partial charge on any atom is 0.326 e. The van der Waals surface area contributed by atoms with Crippen LogP contribution in [0.3, 0.4) is 0 Å². The van der Waals surface area contributed by atoms with Crippen LogP contribution < -0.4 is 13.9 Å². The Kier molecular flexibility index (Phi) is 4.08. The molecule has 1 aromatic rings. The third-order valence-electron chi connectivity index (χ3n) is 3.45. The lowest BCUT2D eigenvalue weighted by molar-refractivity contribution is -0.128. The number of carbonyl (C=O) groups is 1. The van der Waals surface area contributed by atoms with E-state index in [1.54, 1.807) is 20.8 Å². The fraction of sp³-hybridized carbons (Fsp3) is 0.500. The Morgan fingerprint density at radius 2 is 1.91 bits per heavy atom. The maximum atomic E-state index is 13.4. The van der Waals surface area contributed by atoms with Crippen LogP contribution in [0.25, 0.3) is 0 Å². The van der Waals surface area contributed by atoms with E-state index in [0.29, 0.717) is 5.69 Å². The first-order valence-electron chi connectivity index (χ1n) is 6.89. The highest BCUT2D eigenvalue weighted by atomic mass is 32.2. The second kappa shape index (κ2) is 5.42. The van der Waals surface area contributed by atoms with Gasteiger partial charge in [0.15, 0.2) is 0 Å². The number of carbonyl (C=O) groups excluding carboxylic acids is 1. The number of hydrogen-bond donors (Lipinski definition) is 1. The van der Waals surface area contributed by atoms with Gasteiger partial charge < -0.3 is 5.32 Å². The Balaban J connectivity index is 2.18. The molecule has 0 spiro atoms.